The van der Waals surface area contributed by atoms with E-state index in [1.165, 1.54) is 18.7 Å². The summed E-state index contributed by atoms with van der Waals surface area (Å²) in [5, 5.41) is 2.80. The highest BCUT2D eigenvalue weighted by atomic mass is 32.2. The number of aryl methyl sites for hydroxylation is 1. The van der Waals surface area contributed by atoms with Crippen LogP contribution in [-0.4, -0.2) is 57.5 Å². The highest BCUT2D eigenvalue weighted by Gasteiger charge is 2.21. The summed E-state index contributed by atoms with van der Waals surface area (Å²) < 4.78 is 37.4. The third kappa shape index (κ3) is 8.07. The SMILES string of the molecule is Cc1ccoc1C(=O)Nc1cccc(C#Cc2cncc(C(=O)N=S(=O)(CCCN3CCCC(F)C3)c3ccccc3)c2)c1. The summed E-state index contributed by atoms with van der Waals surface area (Å²) in [5.41, 5.74) is 2.58. The van der Waals surface area contributed by atoms with E-state index in [1.54, 1.807) is 67.6 Å². The zero-order valence-electron chi connectivity index (χ0n) is 24.4. The summed E-state index contributed by atoms with van der Waals surface area (Å²) >= 11 is 0. The van der Waals surface area contributed by atoms with E-state index in [9.17, 15) is 18.2 Å². The van der Waals surface area contributed by atoms with Crippen LogP contribution >= 0.6 is 0 Å². The minimum Gasteiger partial charge on any atom is -0.459 e. The number of likely N-dealkylation sites (tertiary alicyclic amines) is 1. The first-order valence-corrected chi connectivity index (χ1v) is 16.1. The fourth-order valence-corrected chi connectivity index (χ4v) is 6.87. The van der Waals surface area contributed by atoms with Gasteiger partial charge in [-0.25, -0.2) is 8.60 Å². The van der Waals surface area contributed by atoms with Gasteiger partial charge in [-0.1, -0.05) is 36.1 Å². The Hall–Kier alpha value is -4.59. The molecule has 4 aromatic rings. The van der Waals surface area contributed by atoms with E-state index in [2.05, 4.69) is 26.5 Å². The van der Waals surface area contributed by atoms with Gasteiger partial charge in [0.05, 0.1) is 21.6 Å². The summed E-state index contributed by atoms with van der Waals surface area (Å²) in [5.74, 6) is 5.44. The molecule has 0 radical (unpaired) electrons. The molecule has 2 unspecified atom stereocenters. The third-order valence-electron chi connectivity index (χ3n) is 7.21. The summed E-state index contributed by atoms with van der Waals surface area (Å²) in [6, 6.07) is 19.1. The van der Waals surface area contributed by atoms with Crippen LogP contribution in [0.3, 0.4) is 0 Å². The molecule has 2 amide bonds. The Kier molecular flexibility index (Phi) is 10.00. The normalized spacial score (nSPS) is 16.3. The molecule has 0 spiro atoms. The number of carbonyl (C=O) groups excluding carboxylic acids is 2. The summed E-state index contributed by atoms with van der Waals surface area (Å²) in [4.78, 5) is 32.5. The molecule has 1 N–H and O–H groups in total. The Labute approximate surface area is 256 Å². The molecule has 5 rings (SSSR count). The number of hydrogen-bond donors (Lipinski definition) is 1. The van der Waals surface area contributed by atoms with Crippen molar-refractivity contribution >= 4 is 27.2 Å². The van der Waals surface area contributed by atoms with Crippen molar-refractivity contribution in [2.45, 2.75) is 37.3 Å². The lowest BCUT2D eigenvalue weighted by Gasteiger charge is -2.28. The van der Waals surface area contributed by atoms with Gasteiger partial charge in [0.25, 0.3) is 11.8 Å². The van der Waals surface area contributed by atoms with Gasteiger partial charge >= 0.3 is 0 Å². The fraction of sp³-hybridized carbons (Fsp3) is 0.265. The first-order valence-electron chi connectivity index (χ1n) is 14.4. The van der Waals surface area contributed by atoms with E-state index >= 15 is 0 Å². The van der Waals surface area contributed by atoms with Crippen molar-refractivity contribution in [2.24, 2.45) is 4.36 Å². The zero-order valence-corrected chi connectivity index (χ0v) is 25.2. The van der Waals surface area contributed by atoms with Crippen LogP contribution in [0.4, 0.5) is 10.1 Å². The molecule has 0 aliphatic carbocycles. The fourth-order valence-electron chi connectivity index (χ4n) is 4.96. The molecule has 44 heavy (non-hydrogen) atoms. The molecule has 1 fully saturated rings. The molecule has 1 aliphatic rings. The van der Waals surface area contributed by atoms with Crippen molar-refractivity contribution in [3.8, 4) is 11.8 Å². The lowest BCUT2D eigenvalue weighted by atomic mass is 10.1. The monoisotopic (exact) mass is 612 g/mol. The van der Waals surface area contributed by atoms with Gasteiger partial charge in [0, 0.05) is 52.0 Å². The molecular weight excluding hydrogens is 579 g/mol. The van der Waals surface area contributed by atoms with E-state index in [-0.39, 0.29) is 23.0 Å². The van der Waals surface area contributed by atoms with Gasteiger partial charge in [-0.2, -0.15) is 4.36 Å². The molecule has 226 valence electrons. The Morgan fingerprint density at radius 1 is 1.09 bits per heavy atom. The number of aromatic nitrogens is 1. The maximum absolute atomic E-state index is 14.1. The average molecular weight is 613 g/mol. The number of benzene rings is 2. The number of carbonyl (C=O) groups is 2. The maximum Gasteiger partial charge on any atom is 0.291 e. The number of alkyl halides is 1. The van der Waals surface area contributed by atoms with E-state index in [4.69, 9.17) is 4.42 Å². The van der Waals surface area contributed by atoms with Crippen LogP contribution in [0.15, 0.2) is 99.1 Å². The summed E-state index contributed by atoms with van der Waals surface area (Å²) in [7, 11) is -3.08. The topological polar surface area (TPSA) is 105 Å². The molecule has 0 saturated carbocycles. The van der Waals surface area contributed by atoms with Gasteiger partial charge in [-0.3, -0.25) is 14.6 Å². The highest BCUT2D eigenvalue weighted by Crippen LogP contribution is 2.19. The second kappa shape index (κ2) is 14.3. The first kappa shape index (κ1) is 30.9. The standard InChI is InChI=1S/C34H33FN4O4S/c1-25-15-18-43-32(25)34(41)37-30-10-5-8-26(21-30)13-14-27-20-28(23-36-22-27)33(40)38-44(42,31-11-3-2-4-12-31)19-7-17-39-16-6-9-29(35)24-39/h2-5,8,10-12,15,18,20-23,29H,6-7,9,16-17,19,24H2,1H3,(H,37,41). The summed E-state index contributed by atoms with van der Waals surface area (Å²) in [6.07, 6.45) is 5.43. The lowest BCUT2D eigenvalue weighted by molar-refractivity contribution is 0.0991. The number of nitrogens with zero attached hydrogens (tertiary/aromatic N) is 3. The Morgan fingerprint density at radius 3 is 2.68 bits per heavy atom. The van der Waals surface area contributed by atoms with Crippen LogP contribution < -0.4 is 5.32 Å². The Balaban J connectivity index is 1.31. The van der Waals surface area contributed by atoms with Gasteiger partial charge in [0.15, 0.2) is 5.76 Å². The van der Waals surface area contributed by atoms with Gasteiger partial charge in [-0.05, 0) is 81.7 Å². The third-order valence-corrected chi connectivity index (χ3v) is 9.52. The lowest BCUT2D eigenvalue weighted by Crippen LogP contribution is -2.37. The van der Waals surface area contributed by atoms with Gasteiger partial charge in [0.1, 0.15) is 6.17 Å². The smallest absolute Gasteiger partial charge is 0.291 e. The number of rotatable bonds is 8. The molecule has 0 bridgehead atoms. The number of halogens is 1. The predicted octanol–water partition coefficient (Wildman–Crippen LogP) is 6.13. The largest absolute Gasteiger partial charge is 0.459 e. The van der Waals surface area contributed by atoms with Crippen molar-refractivity contribution in [1.29, 1.82) is 0 Å². The summed E-state index contributed by atoms with van der Waals surface area (Å²) in [6.45, 7) is 3.58. The highest BCUT2D eigenvalue weighted by molar-refractivity contribution is 7.94. The molecule has 2 atom stereocenters. The molecule has 8 nitrogen and oxygen atoms in total. The number of anilines is 1. The van der Waals surface area contributed by atoms with Crippen LogP contribution in [0.5, 0.6) is 0 Å². The van der Waals surface area contributed by atoms with Crippen molar-refractivity contribution in [2.75, 3.05) is 30.7 Å². The Morgan fingerprint density at radius 2 is 1.91 bits per heavy atom. The minimum absolute atomic E-state index is 0.173. The molecule has 2 aromatic heterocycles. The molecule has 2 aromatic carbocycles. The van der Waals surface area contributed by atoms with E-state index in [1.807, 2.05) is 11.0 Å². The zero-order chi connectivity index (χ0) is 30.9. The number of nitrogens with one attached hydrogen (secondary N) is 1. The van der Waals surface area contributed by atoms with Gasteiger partial charge in [0.2, 0.25) is 0 Å². The second-order valence-electron chi connectivity index (χ2n) is 10.6. The van der Waals surface area contributed by atoms with E-state index in [0.717, 1.165) is 18.5 Å². The quantitative estimate of drug-likeness (QED) is 0.240. The van der Waals surface area contributed by atoms with Crippen LogP contribution in [0.2, 0.25) is 0 Å². The minimum atomic E-state index is -3.08. The van der Waals surface area contributed by atoms with Crippen LogP contribution in [0.1, 0.15) is 56.9 Å². The van der Waals surface area contributed by atoms with E-state index in [0.29, 0.717) is 47.6 Å². The Bertz CT molecular complexity index is 1820. The van der Waals surface area contributed by atoms with E-state index < -0.39 is 21.8 Å². The van der Waals surface area contributed by atoms with Crippen LogP contribution in [0, 0.1) is 18.8 Å². The van der Waals surface area contributed by atoms with Gasteiger partial charge < -0.3 is 14.6 Å². The van der Waals surface area contributed by atoms with Crippen molar-refractivity contribution in [1.82, 2.24) is 9.88 Å². The number of piperidine rings is 1. The van der Waals surface area contributed by atoms with Crippen molar-refractivity contribution < 1.29 is 22.6 Å². The average Bonchev–Trinajstić information content (AvgIpc) is 3.47. The van der Waals surface area contributed by atoms with Crippen molar-refractivity contribution in [3.63, 3.8) is 0 Å². The molecule has 3 heterocycles. The number of furan rings is 1. The molecule has 1 aliphatic heterocycles. The number of amides is 2. The van der Waals surface area contributed by atoms with Crippen molar-refractivity contribution in [3.05, 3.63) is 113 Å². The van der Waals surface area contributed by atoms with Crippen LogP contribution in [0.25, 0.3) is 0 Å². The number of hydrogen-bond acceptors (Lipinski definition) is 6. The maximum atomic E-state index is 14.1. The second-order valence-corrected chi connectivity index (χ2v) is 13.0. The molecule has 1 saturated heterocycles. The van der Waals surface area contributed by atoms with Crippen LogP contribution in [-0.2, 0) is 9.73 Å². The first-order chi connectivity index (χ1) is 21.3. The molecular formula is C34H33FN4O4S. The number of pyridine rings is 1. The molecule has 10 heteroatoms. The van der Waals surface area contributed by atoms with Gasteiger partial charge in [-0.15, -0.1) is 0 Å². The predicted molar refractivity (Wildman–Crippen MR) is 168 cm³/mol.